The molecule has 0 aromatic heterocycles. The van der Waals surface area contributed by atoms with Crippen LogP contribution in [0.5, 0.6) is 0 Å². The molecular formula is C10H22N2OS. The summed E-state index contributed by atoms with van der Waals surface area (Å²) in [6.07, 6.45) is 3.20. The Morgan fingerprint density at radius 1 is 1.36 bits per heavy atom. The van der Waals surface area contributed by atoms with Gasteiger partial charge in [-0.2, -0.15) is 11.8 Å². The minimum absolute atomic E-state index is 0.0840. The Kier molecular flexibility index (Phi) is 7.99. The number of hydrogen-bond acceptors (Lipinski definition) is 3. The number of carbonyl (C=O) groups excluding carboxylic acids is 1. The van der Waals surface area contributed by atoms with Gasteiger partial charge in [-0.3, -0.25) is 4.79 Å². The molecule has 0 fully saturated rings. The lowest BCUT2D eigenvalue weighted by atomic mass is 10.2. The highest BCUT2D eigenvalue weighted by atomic mass is 32.2. The van der Waals surface area contributed by atoms with Gasteiger partial charge in [0.15, 0.2) is 0 Å². The van der Waals surface area contributed by atoms with Gasteiger partial charge in [-0.1, -0.05) is 0 Å². The highest BCUT2D eigenvalue weighted by Gasteiger charge is 2.11. The van der Waals surface area contributed by atoms with Gasteiger partial charge in [0.25, 0.3) is 0 Å². The largest absolute Gasteiger partial charge is 0.353 e. The lowest BCUT2D eigenvalue weighted by Gasteiger charge is -2.15. The van der Waals surface area contributed by atoms with Crippen molar-refractivity contribution in [2.75, 3.05) is 18.6 Å². The van der Waals surface area contributed by atoms with Crippen molar-refractivity contribution in [1.29, 1.82) is 0 Å². The molecule has 1 unspecified atom stereocenters. The van der Waals surface area contributed by atoms with Crippen LogP contribution in [-0.2, 0) is 4.79 Å². The first-order chi connectivity index (χ1) is 6.57. The van der Waals surface area contributed by atoms with Crippen LogP contribution < -0.4 is 10.6 Å². The summed E-state index contributed by atoms with van der Waals surface area (Å²) in [7, 11) is 0. The normalized spacial score (nSPS) is 12.9. The molecule has 84 valence electrons. The van der Waals surface area contributed by atoms with Crippen molar-refractivity contribution in [3.8, 4) is 0 Å². The summed E-state index contributed by atoms with van der Waals surface area (Å²) in [5.74, 6) is 1.23. The minimum Gasteiger partial charge on any atom is -0.353 e. The predicted octanol–water partition coefficient (Wildman–Crippen LogP) is 1.24. The molecule has 0 rings (SSSR count). The zero-order chi connectivity index (χ0) is 11.0. The molecule has 0 radical (unpaired) electrons. The summed E-state index contributed by atoms with van der Waals surface area (Å²) in [5, 5.41) is 6.07. The maximum Gasteiger partial charge on any atom is 0.237 e. The van der Waals surface area contributed by atoms with E-state index in [0.29, 0.717) is 0 Å². The van der Waals surface area contributed by atoms with E-state index in [1.807, 2.05) is 32.5 Å². The Bertz CT molecular complexity index is 162. The second-order valence-electron chi connectivity index (χ2n) is 3.69. The minimum atomic E-state index is -0.0840. The molecule has 0 aliphatic carbocycles. The van der Waals surface area contributed by atoms with Crippen LogP contribution in [0.3, 0.4) is 0 Å². The third-order valence-electron chi connectivity index (χ3n) is 1.80. The maximum absolute atomic E-state index is 11.4. The number of nitrogens with one attached hydrogen (secondary N) is 2. The summed E-state index contributed by atoms with van der Waals surface area (Å²) in [6, 6.07) is 0.136. The SMILES string of the molecule is CSCCCNC(C)C(=O)NC(C)C. The topological polar surface area (TPSA) is 41.1 Å². The van der Waals surface area contributed by atoms with E-state index in [2.05, 4.69) is 16.9 Å². The Morgan fingerprint density at radius 2 is 2.00 bits per heavy atom. The quantitative estimate of drug-likeness (QED) is 0.632. The van der Waals surface area contributed by atoms with Gasteiger partial charge >= 0.3 is 0 Å². The molecule has 0 saturated heterocycles. The van der Waals surface area contributed by atoms with Crippen molar-refractivity contribution in [2.24, 2.45) is 0 Å². The zero-order valence-electron chi connectivity index (χ0n) is 9.59. The predicted molar refractivity (Wildman–Crippen MR) is 63.7 cm³/mol. The zero-order valence-corrected chi connectivity index (χ0v) is 10.4. The van der Waals surface area contributed by atoms with Gasteiger partial charge < -0.3 is 10.6 Å². The molecule has 0 heterocycles. The van der Waals surface area contributed by atoms with Crippen LogP contribution in [0.1, 0.15) is 27.2 Å². The van der Waals surface area contributed by atoms with Crippen molar-refractivity contribution < 1.29 is 4.79 Å². The second kappa shape index (κ2) is 8.12. The molecule has 4 heteroatoms. The van der Waals surface area contributed by atoms with Crippen LogP contribution in [0.4, 0.5) is 0 Å². The van der Waals surface area contributed by atoms with Gasteiger partial charge in [0.05, 0.1) is 6.04 Å². The third-order valence-corrected chi connectivity index (χ3v) is 2.50. The molecule has 0 aliphatic rings. The molecular weight excluding hydrogens is 196 g/mol. The van der Waals surface area contributed by atoms with Crippen LogP contribution in [0.25, 0.3) is 0 Å². The molecule has 3 nitrogen and oxygen atoms in total. The average molecular weight is 218 g/mol. The monoisotopic (exact) mass is 218 g/mol. The lowest BCUT2D eigenvalue weighted by molar-refractivity contribution is -0.123. The first-order valence-electron chi connectivity index (χ1n) is 5.10. The highest BCUT2D eigenvalue weighted by Crippen LogP contribution is 1.94. The van der Waals surface area contributed by atoms with Crippen molar-refractivity contribution >= 4 is 17.7 Å². The molecule has 1 atom stereocenters. The van der Waals surface area contributed by atoms with E-state index in [0.717, 1.165) is 18.7 Å². The van der Waals surface area contributed by atoms with Crippen molar-refractivity contribution in [3.63, 3.8) is 0 Å². The van der Waals surface area contributed by atoms with Crippen molar-refractivity contribution in [3.05, 3.63) is 0 Å². The Hall–Kier alpha value is -0.220. The van der Waals surface area contributed by atoms with Crippen LogP contribution in [-0.4, -0.2) is 36.5 Å². The number of thioether (sulfide) groups is 1. The number of carbonyl (C=O) groups is 1. The van der Waals surface area contributed by atoms with E-state index in [-0.39, 0.29) is 18.0 Å². The summed E-state index contributed by atoms with van der Waals surface area (Å²) in [4.78, 5) is 11.4. The fraction of sp³-hybridized carbons (Fsp3) is 0.900. The Labute approximate surface area is 91.4 Å². The standard InChI is InChI=1S/C10H22N2OS/c1-8(2)12-10(13)9(3)11-6-5-7-14-4/h8-9,11H,5-7H2,1-4H3,(H,12,13). The molecule has 0 spiro atoms. The summed E-state index contributed by atoms with van der Waals surface area (Å²) >= 11 is 1.83. The van der Waals surface area contributed by atoms with E-state index < -0.39 is 0 Å². The lowest BCUT2D eigenvalue weighted by Crippen LogP contribution is -2.44. The van der Waals surface area contributed by atoms with Crippen LogP contribution >= 0.6 is 11.8 Å². The van der Waals surface area contributed by atoms with Gasteiger partial charge in [-0.05, 0) is 45.7 Å². The van der Waals surface area contributed by atoms with E-state index in [1.54, 1.807) is 0 Å². The summed E-state index contributed by atoms with van der Waals surface area (Å²) < 4.78 is 0. The van der Waals surface area contributed by atoms with E-state index in [4.69, 9.17) is 0 Å². The fourth-order valence-corrected chi connectivity index (χ4v) is 1.47. The third kappa shape index (κ3) is 7.21. The van der Waals surface area contributed by atoms with E-state index in [9.17, 15) is 4.79 Å². The van der Waals surface area contributed by atoms with Crippen molar-refractivity contribution in [2.45, 2.75) is 39.3 Å². The first kappa shape index (κ1) is 13.8. The van der Waals surface area contributed by atoms with Crippen LogP contribution in [0, 0.1) is 0 Å². The van der Waals surface area contributed by atoms with Gasteiger partial charge in [-0.15, -0.1) is 0 Å². The molecule has 0 saturated carbocycles. The van der Waals surface area contributed by atoms with E-state index >= 15 is 0 Å². The molecule has 1 amide bonds. The smallest absolute Gasteiger partial charge is 0.237 e. The fourth-order valence-electron chi connectivity index (χ4n) is 1.04. The average Bonchev–Trinajstić information content (AvgIpc) is 2.11. The molecule has 0 bridgehead atoms. The number of rotatable bonds is 7. The summed E-state index contributed by atoms with van der Waals surface area (Å²) in [6.45, 7) is 6.75. The molecule has 0 aliphatic heterocycles. The summed E-state index contributed by atoms with van der Waals surface area (Å²) in [5.41, 5.74) is 0. The molecule has 14 heavy (non-hydrogen) atoms. The van der Waals surface area contributed by atoms with Gasteiger partial charge in [0.2, 0.25) is 5.91 Å². The Balaban J connectivity index is 3.52. The molecule has 0 aromatic carbocycles. The molecule has 2 N–H and O–H groups in total. The highest BCUT2D eigenvalue weighted by molar-refractivity contribution is 7.98. The molecule has 0 aromatic rings. The van der Waals surface area contributed by atoms with Crippen molar-refractivity contribution in [1.82, 2.24) is 10.6 Å². The van der Waals surface area contributed by atoms with Gasteiger partial charge in [0, 0.05) is 6.04 Å². The van der Waals surface area contributed by atoms with Crippen LogP contribution in [0.2, 0.25) is 0 Å². The Morgan fingerprint density at radius 3 is 2.50 bits per heavy atom. The number of hydrogen-bond donors (Lipinski definition) is 2. The first-order valence-corrected chi connectivity index (χ1v) is 6.50. The van der Waals surface area contributed by atoms with E-state index in [1.165, 1.54) is 0 Å². The van der Waals surface area contributed by atoms with Gasteiger partial charge in [-0.25, -0.2) is 0 Å². The van der Waals surface area contributed by atoms with Gasteiger partial charge in [0.1, 0.15) is 0 Å². The maximum atomic E-state index is 11.4. The second-order valence-corrected chi connectivity index (χ2v) is 4.67. The number of amides is 1. The van der Waals surface area contributed by atoms with Crippen LogP contribution in [0.15, 0.2) is 0 Å².